The lowest BCUT2D eigenvalue weighted by atomic mass is 9.65. The number of anilines is 1. The molecule has 3 amide bonds. The van der Waals surface area contributed by atoms with Crippen LogP contribution in [0.5, 0.6) is 0 Å². The zero-order valence-corrected chi connectivity index (χ0v) is 18.3. The topological polar surface area (TPSA) is 66.5 Å². The van der Waals surface area contributed by atoms with E-state index in [0.717, 1.165) is 28.6 Å². The van der Waals surface area contributed by atoms with E-state index in [1.807, 2.05) is 38.1 Å². The normalized spacial score (nSPS) is 26.8. The van der Waals surface area contributed by atoms with Gasteiger partial charge in [-0.05, 0) is 55.3 Å². The number of carbonyl (C=O) groups excluding carboxylic acids is 3. The zero-order chi connectivity index (χ0) is 21.4. The number of imide groups is 1. The second-order valence-electron chi connectivity index (χ2n) is 8.73. The van der Waals surface area contributed by atoms with Gasteiger partial charge in [0, 0.05) is 21.5 Å². The summed E-state index contributed by atoms with van der Waals surface area (Å²) < 4.78 is 0. The van der Waals surface area contributed by atoms with E-state index in [2.05, 4.69) is 24.4 Å². The molecule has 0 saturated carbocycles. The molecule has 0 aromatic heterocycles. The van der Waals surface area contributed by atoms with Crippen molar-refractivity contribution in [3.63, 3.8) is 0 Å². The van der Waals surface area contributed by atoms with Gasteiger partial charge >= 0.3 is 0 Å². The molecule has 30 heavy (non-hydrogen) atoms. The van der Waals surface area contributed by atoms with Crippen molar-refractivity contribution in [2.45, 2.75) is 38.1 Å². The fraction of sp³-hybridized carbons (Fsp3) is 0.261. The molecular weight excluding hydrogens is 420 g/mol. The molecule has 3 aliphatic rings. The fourth-order valence-corrected chi connectivity index (χ4v) is 6.15. The van der Waals surface area contributed by atoms with Crippen LogP contribution in [0.2, 0.25) is 5.02 Å². The summed E-state index contributed by atoms with van der Waals surface area (Å²) in [7, 11) is 0. The smallest absolute Gasteiger partial charge is 0.290 e. The molecule has 2 aromatic rings. The number of amides is 3. The van der Waals surface area contributed by atoms with Crippen molar-refractivity contribution < 1.29 is 14.4 Å². The highest BCUT2D eigenvalue weighted by atomic mass is 35.5. The van der Waals surface area contributed by atoms with Gasteiger partial charge in [-0.2, -0.15) is 0 Å². The largest absolute Gasteiger partial charge is 0.302 e. The van der Waals surface area contributed by atoms with Crippen LogP contribution in [-0.4, -0.2) is 22.6 Å². The minimum absolute atomic E-state index is 0.140. The number of halogens is 1. The standard InChI is InChI=1S/C23H19ClN2O3S/c1-22(2)11-23(3,12-7-5-4-6-8-12)15-10-13(24)9-14-16(20(28)26(22)17(14)15)18-19(27)25-21(29)30-18/h4-10H,11H2,1-3H3,(H,25,27,29). The number of benzene rings is 2. The Bertz CT molecular complexity index is 1190. The van der Waals surface area contributed by atoms with Crippen LogP contribution in [-0.2, 0) is 15.0 Å². The summed E-state index contributed by atoms with van der Waals surface area (Å²) in [5.74, 6) is -0.800. The Balaban J connectivity index is 1.86. The Labute approximate surface area is 183 Å². The van der Waals surface area contributed by atoms with Crippen molar-refractivity contribution in [2.75, 3.05) is 4.90 Å². The fourth-order valence-electron chi connectivity index (χ4n) is 5.16. The SMILES string of the molecule is CC1(c2ccccc2)CC(C)(C)N2C(=O)C(=C3SC(=O)NC3=O)c3cc(Cl)cc1c32. The molecule has 1 unspecified atom stereocenters. The maximum atomic E-state index is 13.6. The van der Waals surface area contributed by atoms with Gasteiger partial charge in [0.25, 0.3) is 17.1 Å². The number of nitrogens with zero attached hydrogens (tertiary/aromatic N) is 1. The molecule has 0 spiro atoms. The number of hydrogen-bond donors (Lipinski definition) is 1. The molecule has 5 rings (SSSR count). The van der Waals surface area contributed by atoms with E-state index in [1.54, 1.807) is 11.0 Å². The molecule has 152 valence electrons. The van der Waals surface area contributed by atoms with Crippen LogP contribution in [0.15, 0.2) is 47.4 Å². The van der Waals surface area contributed by atoms with Crippen molar-refractivity contribution in [3.8, 4) is 0 Å². The van der Waals surface area contributed by atoms with Crippen LogP contribution < -0.4 is 10.2 Å². The molecule has 5 nitrogen and oxygen atoms in total. The number of nitrogens with one attached hydrogen (secondary N) is 1. The zero-order valence-electron chi connectivity index (χ0n) is 16.7. The van der Waals surface area contributed by atoms with Gasteiger partial charge < -0.3 is 4.90 Å². The van der Waals surface area contributed by atoms with Gasteiger partial charge in [0.05, 0.1) is 16.2 Å². The number of carbonyl (C=O) groups is 3. The minimum Gasteiger partial charge on any atom is -0.302 e. The lowest BCUT2D eigenvalue weighted by molar-refractivity contribution is -0.116. The Morgan fingerprint density at radius 2 is 1.77 bits per heavy atom. The highest BCUT2D eigenvalue weighted by Gasteiger charge is 2.54. The predicted octanol–water partition coefficient (Wildman–Crippen LogP) is 4.87. The van der Waals surface area contributed by atoms with Crippen molar-refractivity contribution in [1.82, 2.24) is 5.32 Å². The van der Waals surface area contributed by atoms with E-state index < -0.39 is 16.7 Å². The van der Waals surface area contributed by atoms with Crippen LogP contribution in [0.4, 0.5) is 10.5 Å². The first kappa shape index (κ1) is 19.4. The van der Waals surface area contributed by atoms with Gasteiger partial charge in [0.2, 0.25) is 0 Å². The third-order valence-corrected chi connectivity index (χ3v) is 7.32. The molecule has 1 fully saturated rings. The Hall–Kier alpha value is -2.57. The molecular formula is C23H19ClN2O3S. The quantitative estimate of drug-likeness (QED) is 0.645. The molecule has 0 aliphatic carbocycles. The number of thioether (sulfide) groups is 1. The molecule has 3 heterocycles. The highest BCUT2D eigenvalue weighted by molar-refractivity contribution is 8.18. The van der Waals surface area contributed by atoms with Crippen molar-refractivity contribution in [2.24, 2.45) is 0 Å². The van der Waals surface area contributed by atoms with Crippen molar-refractivity contribution in [3.05, 3.63) is 69.1 Å². The van der Waals surface area contributed by atoms with Crippen LogP contribution >= 0.6 is 23.4 Å². The maximum Gasteiger partial charge on any atom is 0.290 e. The van der Waals surface area contributed by atoms with Gasteiger partial charge in [-0.25, -0.2) is 0 Å². The van der Waals surface area contributed by atoms with Crippen molar-refractivity contribution >= 4 is 51.7 Å². The summed E-state index contributed by atoms with van der Waals surface area (Å²) in [6, 6.07) is 13.8. The summed E-state index contributed by atoms with van der Waals surface area (Å²) in [6.45, 7) is 6.24. The first-order valence-corrected chi connectivity index (χ1v) is 10.8. The van der Waals surface area contributed by atoms with E-state index in [-0.39, 0.29) is 21.8 Å². The van der Waals surface area contributed by atoms with Crippen LogP contribution in [0.1, 0.15) is 43.9 Å². The van der Waals surface area contributed by atoms with E-state index in [0.29, 0.717) is 17.0 Å². The third-order valence-electron chi connectivity index (χ3n) is 6.23. The Morgan fingerprint density at radius 1 is 1.07 bits per heavy atom. The molecule has 1 atom stereocenters. The molecule has 7 heteroatoms. The van der Waals surface area contributed by atoms with Gasteiger partial charge in [-0.3, -0.25) is 19.7 Å². The summed E-state index contributed by atoms with van der Waals surface area (Å²) in [5.41, 5.74) is 2.86. The Morgan fingerprint density at radius 3 is 2.40 bits per heavy atom. The predicted molar refractivity (Wildman–Crippen MR) is 119 cm³/mol. The van der Waals surface area contributed by atoms with Crippen LogP contribution in [0.3, 0.4) is 0 Å². The minimum atomic E-state index is -0.537. The van der Waals surface area contributed by atoms with Gasteiger partial charge in [-0.15, -0.1) is 0 Å². The van der Waals surface area contributed by atoms with E-state index in [1.165, 1.54) is 0 Å². The highest BCUT2D eigenvalue weighted by Crippen LogP contribution is 2.57. The Kier molecular flexibility index (Phi) is 4.02. The van der Waals surface area contributed by atoms with Crippen molar-refractivity contribution in [1.29, 1.82) is 0 Å². The maximum absolute atomic E-state index is 13.6. The summed E-state index contributed by atoms with van der Waals surface area (Å²) in [5, 5.41) is 2.28. The third kappa shape index (κ3) is 2.53. The second kappa shape index (κ2) is 6.22. The van der Waals surface area contributed by atoms with Crippen LogP contribution in [0.25, 0.3) is 5.57 Å². The molecule has 2 aromatic carbocycles. The second-order valence-corrected chi connectivity index (χ2v) is 10.1. The van der Waals surface area contributed by atoms with E-state index >= 15 is 0 Å². The average Bonchev–Trinajstić information content (AvgIpc) is 3.15. The lowest BCUT2D eigenvalue weighted by Crippen LogP contribution is -2.54. The lowest BCUT2D eigenvalue weighted by Gasteiger charge is -2.49. The number of hydrogen-bond acceptors (Lipinski definition) is 4. The van der Waals surface area contributed by atoms with E-state index in [4.69, 9.17) is 11.6 Å². The van der Waals surface area contributed by atoms with Gasteiger partial charge in [0.1, 0.15) is 0 Å². The molecule has 1 N–H and O–H groups in total. The van der Waals surface area contributed by atoms with Gasteiger partial charge in [-0.1, -0.05) is 48.9 Å². The first-order chi connectivity index (χ1) is 14.1. The summed E-state index contributed by atoms with van der Waals surface area (Å²) in [4.78, 5) is 39.7. The average molecular weight is 439 g/mol. The summed E-state index contributed by atoms with van der Waals surface area (Å²) in [6.07, 6.45) is 0.684. The molecule has 0 bridgehead atoms. The van der Waals surface area contributed by atoms with Gasteiger partial charge in [0.15, 0.2) is 0 Å². The summed E-state index contributed by atoms with van der Waals surface area (Å²) >= 11 is 7.29. The van der Waals surface area contributed by atoms with Crippen LogP contribution in [0, 0.1) is 0 Å². The van der Waals surface area contributed by atoms with E-state index in [9.17, 15) is 14.4 Å². The molecule has 1 saturated heterocycles. The number of rotatable bonds is 1. The monoisotopic (exact) mass is 438 g/mol. The molecule has 3 aliphatic heterocycles. The first-order valence-electron chi connectivity index (χ1n) is 9.65. The molecule has 0 radical (unpaired) electrons.